The molecule has 2 heteroatoms. The van der Waals surface area contributed by atoms with Gasteiger partial charge in [-0.3, -0.25) is 0 Å². The first-order valence-electron chi connectivity index (χ1n) is 9.49. The van der Waals surface area contributed by atoms with Gasteiger partial charge in [0.15, 0.2) is 0 Å². The zero-order valence-electron chi connectivity index (χ0n) is 18.9. The highest BCUT2D eigenvalue weighted by Gasteiger charge is 2.00. The third kappa shape index (κ3) is 2.65. The molecule has 0 saturated heterocycles. The SMILES string of the molecule is [2H]c1c([2H])c(N(C)C)c([2H])c([2H])c1-c1c([2H])c([2H])c(N(C)C)c([2H])c1[2H]. The second-order valence-corrected chi connectivity index (χ2v) is 4.24. The minimum Gasteiger partial charge on any atom is -0.378 e. The van der Waals surface area contributed by atoms with Crippen LogP contribution in [0.15, 0.2) is 48.3 Å². The zero-order valence-corrected chi connectivity index (χ0v) is 10.9. The Bertz CT molecular complexity index is 761. The smallest absolute Gasteiger partial charge is 0.0645 e. The Balaban J connectivity index is 3.00. The normalized spacial score (nSPS) is 16.4. The summed E-state index contributed by atoms with van der Waals surface area (Å²) in [5, 5.41) is 0. The van der Waals surface area contributed by atoms with Crippen LogP contribution in [-0.4, -0.2) is 28.2 Å². The third-order valence-electron chi connectivity index (χ3n) is 2.37. The summed E-state index contributed by atoms with van der Waals surface area (Å²) in [6, 6.07) is -2.75. The van der Waals surface area contributed by atoms with E-state index in [0.29, 0.717) is 0 Å². The molecule has 0 aromatic heterocycles. The fraction of sp³-hybridized carbons (Fsp3) is 0.250. The highest BCUT2D eigenvalue weighted by molar-refractivity contribution is 5.68. The Kier molecular flexibility index (Phi) is 1.65. The van der Waals surface area contributed by atoms with E-state index in [0.717, 1.165) is 0 Å². The number of rotatable bonds is 3. The van der Waals surface area contributed by atoms with Crippen molar-refractivity contribution in [3.63, 3.8) is 0 Å². The van der Waals surface area contributed by atoms with Crippen molar-refractivity contribution in [2.75, 3.05) is 38.0 Å². The van der Waals surface area contributed by atoms with E-state index in [2.05, 4.69) is 0 Å². The second-order valence-electron chi connectivity index (χ2n) is 4.24. The monoisotopic (exact) mass is 248 g/mol. The largest absolute Gasteiger partial charge is 0.378 e. The van der Waals surface area contributed by atoms with Gasteiger partial charge in [-0.15, -0.1) is 0 Å². The lowest BCUT2D eigenvalue weighted by atomic mass is 10.0. The molecule has 0 N–H and O–H groups in total. The van der Waals surface area contributed by atoms with Gasteiger partial charge in [-0.1, -0.05) is 24.2 Å². The molecule has 0 amide bonds. The summed E-state index contributed by atoms with van der Waals surface area (Å²) in [6.07, 6.45) is 0. The van der Waals surface area contributed by atoms with Crippen LogP contribution in [0.4, 0.5) is 11.4 Å². The topological polar surface area (TPSA) is 6.48 Å². The molecular weight excluding hydrogens is 220 g/mol. The van der Waals surface area contributed by atoms with Crippen molar-refractivity contribution in [1.29, 1.82) is 0 Å². The Morgan fingerprint density at radius 3 is 1.11 bits per heavy atom. The van der Waals surface area contributed by atoms with E-state index in [1.165, 1.54) is 9.80 Å². The first kappa shape index (κ1) is 5.79. The molecule has 0 aliphatic heterocycles. The first-order valence-corrected chi connectivity index (χ1v) is 5.49. The molecule has 2 aromatic carbocycles. The van der Waals surface area contributed by atoms with Gasteiger partial charge in [-0.25, -0.2) is 0 Å². The van der Waals surface area contributed by atoms with Crippen LogP contribution in [0.1, 0.15) is 11.0 Å². The Hall–Kier alpha value is -1.96. The van der Waals surface area contributed by atoms with Crippen LogP contribution in [0.25, 0.3) is 11.1 Å². The van der Waals surface area contributed by atoms with E-state index in [1.807, 2.05) is 0 Å². The summed E-state index contributed by atoms with van der Waals surface area (Å²) in [4.78, 5) is 2.93. The van der Waals surface area contributed by atoms with Crippen LogP contribution in [0, 0.1) is 0 Å². The van der Waals surface area contributed by atoms with Crippen LogP contribution in [0.3, 0.4) is 0 Å². The molecule has 0 fully saturated rings. The molecular formula is C16H20N2. The molecule has 94 valence electrons. The summed E-state index contributed by atoms with van der Waals surface area (Å²) >= 11 is 0. The molecule has 0 aliphatic carbocycles. The van der Waals surface area contributed by atoms with E-state index in [9.17, 15) is 0 Å². The van der Waals surface area contributed by atoms with Crippen molar-refractivity contribution in [2.45, 2.75) is 0 Å². The number of nitrogens with zero attached hydrogens (tertiary/aromatic N) is 2. The molecule has 18 heavy (non-hydrogen) atoms. The maximum atomic E-state index is 8.26. The van der Waals surface area contributed by atoms with Gasteiger partial charge in [-0.2, -0.15) is 0 Å². The summed E-state index contributed by atoms with van der Waals surface area (Å²) in [7, 11) is 6.41. The van der Waals surface area contributed by atoms with Gasteiger partial charge >= 0.3 is 0 Å². The van der Waals surface area contributed by atoms with Gasteiger partial charge in [0, 0.05) is 39.6 Å². The van der Waals surface area contributed by atoms with Crippen molar-refractivity contribution in [2.24, 2.45) is 0 Å². The number of hydrogen-bond donors (Lipinski definition) is 0. The lowest BCUT2D eigenvalue weighted by molar-refractivity contribution is 1.13. The molecule has 0 spiro atoms. The van der Waals surface area contributed by atoms with Gasteiger partial charge in [0.1, 0.15) is 0 Å². The average Bonchev–Trinajstić information content (AvgIpc) is 2.54. The minimum atomic E-state index is -0.395. The van der Waals surface area contributed by atoms with E-state index < -0.39 is 24.2 Å². The maximum Gasteiger partial charge on any atom is 0.0645 e. The van der Waals surface area contributed by atoms with Crippen LogP contribution in [0.2, 0.25) is 0 Å². The molecule has 0 unspecified atom stereocenters. The summed E-state index contributed by atoms with van der Waals surface area (Å²) < 4.78 is 65.7. The molecule has 2 aromatic rings. The number of anilines is 2. The fourth-order valence-electron chi connectivity index (χ4n) is 1.31. The van der Waals surface area contributed by atoms with Gasteiger partial charge < -0.3 is 9.80 Å². The molecule has 0 heterocycles. The van der Waals surface area contributed by atoms with Crippen LogP contribution < -0.4 is 9.80 Å². The van der Waals surface area contributed by atoms with E-state index in [1.54, 1.807) is 28.2 Å². The molecule has 0 radical (unpaired) electrons. The number of hydrogen-bond acceptors (Lipinski definition) is 2. The predicted molar refractivity (Wildman–Crippen MR) is 80.5 cm³/mol. The van der Waals surface area contributed by atoms with Gasteiger partial charge in [0.25, 0.3) is 0 Å². The predicted octanol–water partition coefficient (Wildman–Crippen LogP) is 3.49. The van der Waals surface area contributed by atoms with Crippen molar-refractivity contribution < 1.29 is 11.0 Å². The van der Waals surface area contributed by atoms with Gasteiger partial charge in [0.05, 0.1) is 11.0 Å². The summed E-state index contributed by atoms with van der Waals surface area (Å²) in [5.41, 5.74) is -0.256. The van der Waals surface area contributed by atoms with Gasteiger partial charge in [-0.05, 0) is 35.3 Å². The first-order chi connectivity index (χ1) is 11.9. The fourth-order valence-corrected chi connectivity index (χ4v) is 1.31. The molecule has 2 nitrogen and oxygen atoms in total. The lowest BCUT2D eigenvalue weighted by Crippen LogP contribution is -2.08. The van der Waals surface area contributed by atoms with Crippen molar-refractivity contribution in [3.05, 3.63) is 48.3 Å². The third-order valence-corrected chi connectivity index (χ3v) is 2.37. The Morgan fingerprint density at radius 2 is 0.889 bits per heavy atom. The second kappa shape index (κ2) is 5.13. The molecule has 0 saturated carbocycles. The average molecular weight is 248 g/mol. The number of benzene rings is 2. The van der Waals surface area contributed by atoms with E-state index in [4.69, 9.17) is 11.0 Å². The highest BCUT2D eigenvalue weighted by atomic mass is 15.1. The minimum absolute atomic E-state index is 0.101. The summed E-state index contributed by atoms with van der Waals surface area (Å²) in [6.45, 7) is 0. The molecule has 2 rings (SSSR count). The molecule has 0 bridgehead atoms. The van der Waals surface area contributed by atoms with Crippen LogP contribution in [-0.2, 0) is 0 Å². The van der Waals surface area contributed by atoms with Crippen molar-refractivity contribution >= 4 is 11.4 Å². The Labute approximate surface area is 121 Å². The lowest BCUT2D eigenvalue weighted by Gasteiger charge is -2.14. The van der Waals surface area contributed by atoms with Crippen LogP contribution in [0.5, 0.6) is 0 Å². The highest BCUT2D eigenvalue weighted by Crippen LogP contribution is 2.24. The Morgan fingerprint density at radius 1 is 0.611 bits per heavy atom. The van der Waals surface area contributed by atoms with Gasteiger partial charge in [0.2, 0.25) is 0 Å². The van der Waals surface area contributed by atoms with Crippen molar-refractivity contribution in [3.8, 4) is 11.1 Å². The molecule has 0 atom stereocenters. The maximum absolute atomic E-state index is 8.26. The van der Waals surface area contributed by atoms with Crippen LogP contribution >= 0.6 is 0 Å². The quantitative estimate of drug-likeness (QED) is 0.820. The summed E-state index contributed by atoms with van der Waals surface area (Å²) in [5.74, 6) is 0. The van der Waals surface area contributed by atoms with E-state index in [-0.39, 0.29) is 46.7 Å². The van der Waals surface area contributed by atoms with Crippen molar-refractivity contribution in [1.82, 2.24) is 0 Å². The zero-order chi connectivity index (χ0) is 20.1. The molecule has 0 aliphatic rings. The standard InChI is InChI=1S/C16H20N2/c1-17(2)15-9-5-13(6-10-15)14-7-11-16(12-8-14)18(3)4/h5-12H,1-4H3/i5D,6D,7D,8D,9D,10D,11D,12D. The van der Waals surface area contributed by atoms with E-state index >= 15 is 0 Å².